The normalized spacial score (nSPS) is 17.9. The summed E-state index contributed by atoms with van der Waals surface area (Å²) >= 11 is 0. The molecule has 2 rings (SSSR count). The molecule has 1 aromatic rings. The maximum atomic E-state index is 13.2. The molecule has 1 heterocycles. The number of carbonyl (C=O) groups excluding carboxylic acids is 1. The second-order valence-corrected chi connectivity index (χ2v) is 4.47. The molecule has 110 valence electrons. The van der Waals surface area contributed by atoms with Crippen LogP contribution in [0.15, 0.2) is 18.2 Å². The molecule has 1 fully saturated rings. The Morgan fingerprint density at radius 2 is 2.20 bits per heavy atom. The Balaban J connectivity index is 0.00000200. The first kappa shape index (κ1) is 16.3. The number of nitrogens with one attached hydrogen (secondary N) is 2. The lowest BCUT2D eigenvalue weighted by Gasteiger charge is -2.23. The van der Waals surface area contributed by atoms with Gasteiger partial charge in [-0.05, 0) is 25.5 Å². The van der Waals surface area contributed by atoms with Gasteiger partial charge in [-0.15, -0.1) is 12.4 Å². The van der Waals surface area contributed by atoms with Crippen LogP contribution in [-0.2, 0) is 0 Å². The van der Waals surface area contributed by atoms with Crippen LogP contribution in [0, 0.1) is 15.9 Å². The minimum atomic E-state index is -0.791. The first-order chi connectivity index (χ1) is 9.06. The summed E-state index contributed by atoms with van der Waals surface area (Å²) in [4.78, 5) is 21.8. The van der Waals surface area contributed by atoms with E-state index in [0.717, 1.165) is 37.6 Å². The number of hydrogen-bond acceptors (Lipinski definition) is 4. The van der Waals surface area contributed by atoms with E-state index >= 15 is 0 Å². The molecule has 0 aromatic heterocycles. The highest BCUT2D eigenvalue weighted by atomic mass is 35.5. The zero-order valence-electron chi connectivity index (χ0n) is 10.6. The lowest BCUT2D eigenvalue weighted by molar-refractivity contribution is -0.385. The molecule has 0 saturated carbocycles. The van der Waals surface area contributed by atoms with E-state index in [4.69, 9.17) is 0 Å². The summed E-state index contributed by atoms with van der Waals surface area (Å²) in [6.07, 6.45) is 1.80. The Kier molecular flexibility index (Phi) is 5.84. The maximum Gasteiger partial charge on any atom is 0.273 e. The Morgan fingerprint density at radius 3 is 2.80 bits per heavy atom. The van der Waals surface area contributed by atoms with E-state index in [-0.39, 0.29) is 24.0 Å². The van der Waals surface area contributed by atoms with Crippen molar-refractivity contribution in [2.45, 2.75) is 18.9 Å². The third-order valence-electron chi connectivity index (χ3n) is 2.99. The summed E-state index contributed by atoms with van der Waals surface area (Å²) in [7, 11) is 0. The first-order valence-electron chi connectivity index (χ1n) is 6.03. The van der Waals surface area contributed by atoms with Crippen LogP contribution in [-0.4, -0.2) is 30.0 Å². The second kappa shape index (κ2) is 7.16. The van der Waals surface area contributed by atoms with Crippen molar-refractivity contribution >= 4 is 24.0 Å². The number of piperidine rings is 1. The Morgan fingerprint density at radius 1 is 1.45 bits per heavy atom. The molecular weight excluding hydrogens is 289 g/mol. The second-order valence-electron chi connectivity index (χ2n) is 4.47. The Hall–Kier alpha value is -1.73. The number of non-ortho nitro benzene ring substituents is 1. The number of nitro groups is 1. The summed E-state index contributed by atoms with van der Waals surface area (Å²) in [5.41, 5.74) is -0.454. The van der Waals surface area contributed by atoms with Crippen LogP contribution in [0.5, 0.6) is 0 Å². The van der Waals surface area contributed by atoms with Crippen molar-refractivity contribution < 1.29 is 14.1 Å². The number of hydrogen-bond donors (Lipinski definition) is 2. The van der Waals surface area contributed by atoms with Crippen molar-refractivity contribution in [3.8, 4) is 0 Å². The number of nitro benzene ring substituents is 1. The van der Waals surface area contributed by atoms with Gasteiger partial charge in [-0.3, -0.25) is 14.9 Å². The molecule has 20 heavy (non-hydrogen) atoms. The fraction of sp³-hybridized carbons (Fsp3) is 0.417. The third kappa shape index (κ3) is 4.14. The van der Waals surface area contributed by atoms with Crippen LogP contribution in [0.4, 0.5) is 10.1 Å². The molecule has 6 nitrogen and oxygen atoms in total. The average Bonchev–Trinajstić information content (AvgIpc) is 2.39. The fourth-order valence-electron chi connectivity index (χ4n) is 2.05. The summed E-state index contributed by atoms with van der Waals surface area (Å²) in [5.74, 6) is -1.28. The molecule has 1 aliphatic rings. The Labute approximate surface area is 121 Å². The van der Waals surface area contributed by atoms with Gasteiger partial charge in [-0.2, -0.15) is 0 Å². The number of carbonyl (C=O) groups is 1. The number of halogens is 2. The quantitative estimate of drug-likeness (QED) is 0.657. The van der Waals surface area contributed by atoms with Crippen LogP contribution in [0.25, 0.3) is 0 Å². The summed E-state index contributed by atoms with van der Waals surface area (Å²) in [5, 5.41) is 16.5. The predicted octanol–water partition coefficient (Wildman–Crippen LogP) is 1.64. The number of amides is 1. The van der Waals surface area contributed by atoms with Gasteiger partial charge in [0.15, 0.2) is 0 Å². The van der Waals surface area contributed by atoms with E-state index in [0.29, 0.717) is 6.54 Å². The molecule has 1 saturated heterocycles. The molecule has 1 unspecified atom stereocenters. The van der Waals surface area contributed by atoms with Crippen molar-refractivity contribution in [2.75, 3.05) is 13.1 Å². The molecule has 1 aliphatic heterocycles. The van der Waals surface area contributed by atoms with Gasteiger partial charge >= 0.3 is 0 Å². The maximum absolute atomic E-state index is 13.2. The SMILES string of the molecule is Cl.O=C(NC1CCCNC1)c1cc(F)cc([N+](=O)[O-])c1. The van der Waals surface area contributed by atoms with Gasteiger partial charge < -0.3 is 10.6 Å². The van der Waals surface area contributed by atoms with Crippen LogP contribution in [0.3, 0.4) is 0 Å². The summed E-state index contributed by atoms with van der Waals surface area (Å²) in [6, 6.07) is 2.84. The van der Waals surface area contributed by atoms with Crippen molar-refractivity contribution in [1.82, 2.24) is 10.6 Å². The molecule has 1 atom stereocenters. The van der Waals surface area contributed by atoms with Gasteiger partial charge in [0.25, 0.3) is 11.6 Å². The van der Waals surface area contributed by atoms with Crippen LogP contribution < -0.4 is 10.6 Å². The van der Waals surface area contributed by atoms with E-state index in [1.807, 2.05) is 0 Å². The Bertz CT molecular complexity index is 507. The molecule has 0 spiro atoms. The van der Waals surface area contributed by atoms with Crippen molar-refractivity contribution in [1.29, 1.82) is 0 Å². The van der Waals surface area contributed by atoms with E-state index in [1.165, 1.54) is 0 Å². The molecule has 0 radical (unpaired) electrons. The summed E-state index contributed by atoms with van der Waals surface area (Å²) in [6.45, 7) is 1.57. The largest absolute Gasteiger partial charge is 0.348 e. The number of benzene rings is 1. The molecule has 1 aromatic carbocycles. The topological polar surface area (TPSA) is 84.3 Å². The molecule has 1 amide bonds. The van der Waals surface area contributed by atoms with Gasteiger partial charge in [0.1, 0.15) is 5.82 Å². The van der Waals surface area contributed by atoms with Gasteiger partial charge in [-0.1, -0.05) is 0 Å². The minimum Gasteiger partial charge on any atom is -0.348 e. The smallest absolute Gasteiger partial charge is 0.273 e. The van der Waals surface area contributed by atoms with E-state index in [1.54, 1.807) is 0 Å². The van der Waals surface area contributed by atoms with Gasteiger partial charge in [0.2, 0.25) is 0 Å². The number of nitrogens with zero attached hydrogens (tertiary/aromatic N) is 1. The standard InChI is InChI=1S/C12H14FN3O3.ClH/c13-9-4-8(5-11(6-9)16(18)19)12(17)15-10-2-1-3-14-7-10;/h4-6,10,14H,1-3,7H2,(H,15,17);1H. The fourth-order valence-corrected chi connectivity index (χ4v) is 2.05. The molecular formula is C12H15ClFN3O3. The highest BCUT2D eigenvalue weighted by molar-refractivity contribution is 5.95. The van der Waals surface area contributed by atoms with Crippen molar-refractivity contribution in [2.24, 2.45) is 0 Å². The van der Waals surface area contributed by atoms with Gasteiger partial charge in [0, 0.05) is 24.2 Å². The lowest BCUT2D eigenvalue weighted by atomic mass is 10.1. The van der Waals surface area contributed by atoms with Crippen LogP contribution in [0.2, 0.25) is 0 Å². The molecule has 2 N–H and O–H groups in total. The van der Waals surface area contributed by atoms with Crippen molar-refractivity contribution in [3.05, 3.63) is 39.7 Å². The highest BCUT2D eigenvalue weighted by Crippen LogP contribution is 2.16. The van der Waals surface area contributed by atoms with Crippen LogP contribution >= 0.6 is 12.4 Å². The molecule has 0 aliphatic carbocycles. The van der Waals surface area contributed by atoms with E-state index < -0.39 is 22.3 Å². The summed E-state index contributed by atoms with van der Waals surface area (Å²) < 4.78 is 13.2. The van der Waals surface area contributed by atoms with Crippen LogP contribution in [0.1, 0.15) is 23.2 Å². The predicted molar refractivity (Wildman–Crippen MR) is 73.7 cm³/mol. The lowest BCUT2D eigenvalue weighted by Crippen LogP contribution is -2.45. The zero-order chi connectivity index (χ0) is 13.8. The first-order valence-corrected chi connectivity index (χ1v) is 6.03. The van der Waals surface area contributed by atoms with Crippen molar-refractivity contribution in [3.63, 3.8) is 0 Å². The van der Waals surface area contributed by atoms with E-state index in [2.05, 4.69) is 10.6 Å². The number of rotatable bonds is 3. The van der Waals surface area contributed by atoms with E-state index in [9.17, 15) is 19.3 Å². The monoisotopic (exact) mass is 303 g/mol. The van der Waals surface area contributed by atoms with Gasteiger partial charge in [0.05, 0.1) is 11.0 Å². The third-order valence-corrected chi connectivity index (χ3v) is 2.99. The van der Waals surface area contributed by atoms with Gasteiger partial charge in [-0.25, -0.2) is 4.39 Å². The molecule has 8 heteroatoms. The highest BCUT2D eigenvalue weighted by Gasteiger charge is 2.19. The molecule has 0 bridgehead atoms. The zero-order valence-corrected chi connectivity index (χ0v) is 11.4. The minimum absolute atomic E-state index is 0. The average molecular weight is 304 g/mol.